The molecule has 0 amide bonds. The van der Waals surface area contributed by atoms with Gasteiger partial charge >= 0.3 is 5.88 Å². The van der Waals surface area contributed by atoms with Crippen molar-refractivity contribution in [2.45, 2.75) is 6.92 Å². The molecule has 3 heterocycles. The Balaban J connectivity index is 1.86. The van der Waals surface area contributed by atoms with E-state index < -0.39 is 14.8 Å². The van der Waals surface area contributed by atoms with Gasteiger partial charge in [-0.25, -0.2) is 13.4 Å². The number of aromatic nitrogens is 2. The molecule has 124 valence electrons. The maximum Gasteiger partial charge on any atom is 0.433 e. The van der Waals surface area contributed by atoms with Gasteiger partial charge in [0, 0.05) is 11.8 Å². The van der Waals surface area contributed by atoms with Gasteiger partial charge in [0.25, 0.3) is 0 Å². The second-order valence-electron chi connectivity index (χ2n) is 4.82. The predicted octanol–water partition coefficient (Wildman–Crippen LogP) is 1.97. The van der Waals surface area contributed by atoms with E-state index in [-0.39, 0.29) is 11.6 Å². The van der Waals surface area contributed by atoms with Crippen LogP contribution in [0.2, 0.25) is 0 Å². The third-order valence-corrected chi connectivity index (χ3v) is 4.27. The summed E-state index contributed by atoms with van der Waals surface area (Å²) in [6.07, 6.45) is 4.22. The van der Waals surface area contributed by atoms with Crippen LogP contribution in [0, 0.1) is 10.1 Å². The van der Waals surface area contributed by atoms with Crippen LogP contribution in [0.4, 0.5) is 5.88 Å². The molecule has 0 aromatic carbocycles. The number of furan rings is 1. The molecular weight excluding hydrogens is 338 g/mol. The predicted molar refractivity (Wildman–Crippen MR) is 84.2 cm³/mol. The molecule has 1 N–H and O–H groups in total. The molecule has 24 heavy (non-hydrogen) atoms. The second-order valence-corrected chi connectivity index (χ2v) is 6.50. The fourth-order valence-corrected chi connectivity index (χ4v) is 2.94. The Kier molecular flexibility index (Phi) is 3.77. The molecule has 2 aromatic rings. The van der Waals surface area contributed by atoms with Gasteiger partial charge in [0.15, 0.2) is 15.6 Å². The van der Waals surface area contributed by atoms with E-state index in [1.165, 1.54) is 35.8 Å². The van der Waals surface area contributed by atoms with E-state index in [0.717, 1.165) is 10.8 Å². The zero-order chi connectivity index (χ0) is 17.3. The lowest BCUT2D eigenvalue weighted by molar-refractivity contribution is -0.401. The van der Waals surface area contributed by atoms with Gasteiger partial charge in [-0.05, 0) is 13.0 Å². The molecule has 0 unspecified atom stereocenters. The second kappa shape index (κ2) is 5.77. The summed E-state index contributed by atoms with van der Waals surface area (Å²) in [5.74, 6) is -0.143. The summed E-state index contributed by atoms with van der Waals surface area (Å²) in [4.78, 5) is 10.0. The lowest BCUT2D eigenvalue weighted by atomic mass is 10.2. The lowest BCUT2D eigenvalue weighted by Gasteiger charge is -2.17. The Morgan fingerprint density at radius 3 is 2.92 bits per heavy atom. The van der Waals surface area contributed by atoms with Crippen LogP contribution in [0.25, 0.3) is 11.5 Å². The number of aromatic amines is 1. The maximum absolute atomic E-state index is 11.4. The van der Waals surface area contributed by atoms with E-state index in [9.17, 15) is 18.5 Å². The van der Waals surface area contributed by atoms with E-state index in [0.29, 0.717) is 17.0 Å². The Hall–Kier alpha value is -3.21. The topological polar surface area (TPSA) is 135 Å². The van der Waals surface area contributed by atoms with E-state index in [4.69, 9.17) is 4.42 Å². The Morgan fingerprint density at radius 1 is 1.46 bits per heavy atom. The number of H-pyrrole nitrogens is 1. The number of rotatable bonds is 4. The SMILES string of the molecule is CC1=CS(=O)(=O)C=CN1/N=C/c1cn[nH]c1-c1ccc([N+](=O)[O-])o1. The first-order valence-corrected chi connectivity index (χ1v) is 8.19. The number of hydrogen-bond donors (Lipinski definition) is 1. The minimum atomic E-state index is -3.35. The van der Waals surface area contributed by atoms with Gasteiger partial charge in [-0.2, -0.15) is 10.2 Å². The van der Waals surface area contributed by atoms with Crippen molar-refractivity contribution < 1.29 is 17.8 Å². The number of nitro groups is 1. The largest absolute Gasteiger partial charge is 0.433 e. The number of nitrogens with zero attached hydrogens (tertiary/aromatic N) is 4. The van der Waals surface area contributed by atoms with Crippen molar-refractivity contribution in [3.8, 4) is 11.5 Å². The summed E-state index contributed by atoms with van der Waals surface area (Å²) in [7, 11) is -3.35. The van der Waals surface area contributed by atoms with Crippen molar-refractivity contribution >= 4 is 21.9 Å². The van der Waals surface area contributed by atoms with Crippen molar-refractivity contribution in [1.82, 2.24) is 15.2 Å². The normalized spacial score (nSPS) is 16.5. The van der Waals surface area contributed by atoms with E-state index in [1.807, 2.05) is 0 Å². The highest BCUT2D eigenvalue weighted by Gasteiger charge is 2.17. The fraction of sp³-hybridized carbons (Fsp3) is 0.0769. The van der Waals surface area contributed by atoms with E-state index >= 15 is 0 Å². The quantitative estimate of drug-likeness (QED) is 0.506. The molecule has 0 spiro atoms. The third kappa shape index (κ3) is 3.10. The van der Waals surface area contributed by atoms with Gasteiger partial charge in [-0.3, -0.25) is 15.2 Å². The molecule has 0 aliphatic carbocycles. The lowest BCUT2D eigenvalue weighted by Crippen LogP contribution is -2.13. The molecule has 0 saturated carbocycles. The summed E-state index contributed by atoms with van der Waals surface area (Å²) in [6, 6.07) is 2.68. The Labute approximate surface area is 135 Å². The summed E-state index contributed by atoms with van der Waals surface area (Å²) in [5.41, 5.74) is 1.36. The smallest absolute Gasteiger partial charge is 0.399 e. The standard InChI is InChI=1S/C13H11N5O5S/c1-9-8-24(21,22)5-4-17(9)15-7-10-6-14-16-13(10)11-2-3-12(23-11)18(19)20/h2-8H,1H3,(H,14,16)/b15-7+. The van der Waals surface area contributed by atoms with Gasteiger partial charge in [0.05, 0.1) is 35.0 Å². The van der Waals surface area contributed by atoms with Crippen LogP contribution in [0.5, 0.6) is 0 Å². The first-order chi connectivity index (χ1) is 11.4. The Morgan fingerprint density at radius 2 is 2.25 bits per heavy atom. The van der Waals surface area contributed by atoms with Crippen LogP contribution in [0.15, 0.2) is 50.6 Å². The van der Waals surface area contributed by atoms with E-state index in [1.54, 1.807) is 6.92 Å². The number of allylic oxidation sites excluding steroid dienone is 1. The van der Waals surface area contributed by atoms with Crippen LogP contribution in [0.3, 0.4) is 0 Å². The monoisotopic (exact) mass is 349 g/mol. The highest BCUT2D eigenvalue weighted by Crippen LogP contribution is 2.26. The zero-order valence-electron chi connectivity index (χ0n) is 12.3. The van der Waals surface area contributed by atoms with Crippen molar-refractivity contribution in [3.63, 3.8) is 0 Å². The van der Waals surface area contributed by atoms with Crippen molar-refractivity contribution in [3.05, 3.63) is 56.7 Å². The van der Waals surface area contributed by atoms with Crippen molar-refractivity contribution in [2.24, 2.45) is 5.10 Å². The summed E-state index contributed by atoms with van der Waals surface area (Å²) >= 11 is 0. The van der Waals surface area contributed by atoms with Crippen LogP contribution < -0.4 is 0 Å². The summed E-state index contributed by atoms with van der Waals surface area (Å²) < 4.78 is 27.9. The first-order valence-electron chi connectivity index (χ1n) is 6.58. The summed E-state index contributed by atoms with van der Waals surface area (Å²) in [6.45, 7) is 1.60. The third-order valence-electron chi connectivity index (χ3n) is 3.10. The van der Waals surface area contributed by atoms with Crippen molar-refractivity contribution in [1.29, 1.82) is 0 Å². The van der Waals surface area contributed by atoms with Crippen LogP contribution in [-0.2, 0) is 9.84 Å². The average molecular weight is 349 g/mol. The maximum atomic E-state index is 11.4. The van der Waals surface area contributed by atoms with Gasteiger partial charge in [0.1, 0.15) is 10.6 Å². The molecule has 1 aliphatic heterocycles. The molecular formula is C13H11N5O5S. The summed E-state index contributed by atoms with van der Waals surface area (Å²) in [5, 5.41) is 24.9. The van der Waals surface area contributed by atoms with Gasteiger partial charge in [-0.1, -0.05) is 0 Å². The van der Waals surface area contributed by atoms with E-state index in [2.05, 4.69) is 15.3 Å². The molecule has 11 heteroatoms. The van der Waals surface area contributed by atoms with Crippen LogP contribution in [-0.4, -0.2) is 34.8 Å². The Bertz CT molecular complexity index is 982. The highest BCUT2D eigenvalue weighted by molar-refractivity contribution is 7.97. The molecule has 10 nitrogen and oxygen atoms in total. The minimum Gasteiger partial charge on any atom is -0.399 e. The van der Waals surface area contributed by atoms with Gasteiger partial charge in [-0.15, -0.1) is 0 Å². The number of nitrogens with one attached hydrogen (secondary N) is 1. The van der Waals surface area contributed by atoms with Crippen LogP contribution in [0.1, 0.15) is 12.5 Å². The molecule has 1 aliphatic rings. The molecule has 2 aromatic heterocycles. The van der Waals surface area contributed by atoms with Gasteiger partial charge in [0.2, 0.25) is 0 Å². The molecule has 3 rings (SSSR count). The zero-order valence-corrected chi connectivity index (χ0v) is 13.1. The number of hydrazone groups is 1. The van der Waals surface area contributed by atoms with Gasteiger partial charge < -0.3 is 4.42 Å². The molecule has 0 saturated heterocycles. The first kappa shape index (κ1) is 15.7. The van der Waals surface area contributed by atoms with Crippen LogP contribution >= 0.6 is 0 Å². The highest BCUT2D eigenvalue weighted by atomic mass is 32.2. The number of sulfone groups is 1. The molecule has 0 atom stereocenters. The molecule has 0 radical (unpaired) electrons. The number of hydrogen-bond acceptors (Lipinski definition) is 8. The average Bonchev–Trinajstić information content (AvgIpc) is 3.14. The fourth-order valence-electron chi connectivity index (χ4n) is 2.00. The van der Waals surface area contributed by atoms with Crippen molar-refractivity contribution in [2.75, 3.05) is 0 Å². The molecule has 0 bridgehead atoms. The molecule has 0 fully saturated rings. The minimum absolute atomic E-state index is 0.240.